The molecule has 4 nitrogen and oxygen atoms in total. The summed E-state index contributed by atoms with van der Waals surface area (Å²) in [6, 6.07) is 1.93. The summed E-state index contributed by atoms with van der Waals surface area (Å²) in [5.74, 6) is -0.365. The second kappa shape index (κ2) is 6.70. The van der Waals surface area contributed by atoms with Gasteiger partial charge >= 0.3 is 0 Å². The molecule has 0 fully saturated rings. The summed E-state index contributed by atoms with van der Waals surface area (Å²) in [7, 11) is 0. The van der Waals surface area contributed by atoms with Crippen LogP contribution in [0.4, 0.5) is 0 Å². The lowest BCUT2D eigenvalue weighted by molar-refractivity contribution is -0.129. The van der Waals surface area contributed by atoms with Crippen LogP contribution in [0.15, 0.2) is 0 Å². The fourth-order valence-electron chi connectivity index (χ4n) is 0.906. The van der Waals surface area contributed by atoms with Gasteiger partial charge in [-0.15, -0.1) is 11.6 Å². The molecule has 0 aliphatic heterocycles. The van der Waals surface area contributed by atoms with Crippen molar-refractivity contribution in [3.63, 3.8) is 0 Å². The van der Waals surface area contributed by atoms with E-state index in [0.29, 0.717) is 6.54 Å². The number of amides is 1. The van der Waals surface area contributed by atoms with Crippen molar-refractivity contribution in [2.45, 2.75) is 19.4 Å². The van der Waals surface area contributed by atoms with Crippen LogP contribution in [0.2, 0.25) is 0 Å². The van der Waals surface area contributed by atoms with Crippen LogP contribution in [0.1, 0.15) is 13.3 Å². The second-order valence-corrected chi connectivity index (χ2v) is 3.00. The quantitative estimate of drug-likeness (QED) is 0.658. The Morgan fingerprint density at radius 2 is 2.38 bits per heavy atom. The zero-order chi connectivity index (χ0) is 10.3. The van der Waals surface area contributed by atoms with Gasteiger partial charge in [0.2, 0.25) is 5.91 Å². The van der Waals surface area contributed by atoms with Crippen molar-refractivity contribution in [3.05, 3.63) is 0 Å². The minimum Gasteiger partial charge on any atom is -0.392 e. The topological polar surface area (TPSA) is 64.3 Å². The molecule has 0 aromatic heterocycles. The van der Waals surface area contributed by atoms with E-state index in [9.17, 15) is 4.79 Å². The molecule has 13 heavy (non-hydrogen) atoms. The number of aliphatic hydroxyl groups is 1. The Morgan fingerprint density at radius 1 is 1.77 bits per heavy atom. The van der Waals surface area contributed by atoms with E-state index in [1.807, 2.05) is 6.07 Å². The van der Waals surface area contributed by atoms with Gasteiger partial charge in [-0.2, -0.15) is 5.26 Å². The van der Waals surface area contributed by atoms with Crippen molar-refractivity contribution < 1.29 is 9.90 Å². The molecular formula is C8H13ClN2O2. The van der Waals surface area contributed by atoms with Crippen LogP contribution >= 0.6 is 11.6 Å². The number of alkyl halides is 1. The predicted molar refractivity (Wildman–Crippen MR) is 49.2 cm³/mol. The number of nitriles is 1. The van der Waals surface area contributed by atoms with Gasteiger partial charge in [0.1, 0.15) is 5.88 Å². The first-order valence-corrected chi connectivity index (χ1v) is 4.54. The van der Waals surface area contributed by atoms with E-state index in [4.69, 9.17) is 22.0 Å². The van der Waals surface area contributed by atoms with E-state index >= 15 is 0 Å². The number of rotatable bonds is 5. The number of carbonyl (C=O) groups excluding carboxylic acids is 1. The zero-order valence-electron chi connectivity index (χ0n) is 7.53. The van der Waals surface area contributed by atoms with Crippen molar-refractivity contribution in [2.24, 2.45) is 0 Å². The third-order valence-electron chi connectivity index (χ3n) is 1.45. The Labute approximate surface area is 82.7 Å². The van der Waals surface area contributed by atoms with Crippen LogP contribution in [0, 0.1) is 11.3 Å². The third kappa shape index (κ3) is 5.45. The van der Waals surface area contributed by atoms with Crippen molar-refractivity contribution in [2.75, 3.05) is 19.0 Å². The van der Waals surface area contributed by atoms with Gasteiger partial charge in [0, 0.05) is 13.1 Å². The van der Waals surface area contributed by atoms with Crippen LogP contribution < -0.4 is 0 Å². The molecule has 0 bridgehead atoms. The monoisotopic (exact) mass is 204 g/mol. The summed E-state index contributed by atoms with van der Waals surface area (Å²) in [6.45, 7) is 2.14. The number of halogens is 1. The largest absolute Gasteiger partial charge is 0.392 e. The van der Waals surface area contributed by atoms with Gasteiger partial charge < -0.3 is 10.0 Å². The van der Waals surface area contributed by atoms with Crippen molar-refractivity contribution in [3.8, 4) is 6.07 Å². The third-order valence-corrected chi connectivity index (χ3v) is 1.67. The van der Waals surface area contributed by atoms with Gasteiger partial charge in [-0.25, -0.2) is 0 Å². The van der Waals surface area contributed by atoms with Crippen LogP contribution in [-0.2, 0) is 4.79 Å². The van der Waals surface area contributed by atoms with E-state index in [2.05, 4.69) is 0 Å². The van der Waals surface area contributed by atoms with Crippen LogP contribution in [0.25, 0.3) is 0 Å². The molecule has 0 aromatic rings. The number of aliphatic hydroxyl groups excluding tert-OH is 1. The van der Waals surface area contributed by atoms with Crippen molar-refractivity contribution >= 4 is 17.5 Å². The normalized spacial score (nSPS) is 11.8. The summed E-state index contributed by atoms with van der Waals surface area (Å²) in [5.41, 5.74) is 0. The minimum atomic E-state index is -0.592. The van der Waals surface area contributed by atoms with Crippen LogP contribution in [0.5, 0.6) is 0 Å². The van der Waals surface area contributed by atoms with Crippen molar-refractivity contribution in [1.82, 2.24) is 4.90 Å². The lowest BCUT2D eigenvalue weighted by atomic mass is 10.3. The van der Waals surface area contributed by atoms with Crippen LogP contribution in [-0.4, -0.2) is 41.0 Å². The lowest BCUT2D eigenvalue weighted by Gasteiger charge is -2.21. The van der Waals surface area contributed by atoms with E-state index in [-0.39, 0.29) is 24.8 Å². The highest BCUT2D eigenvalue weighted by Crippen LogP contribution is 1.97. The molecule has 0 aliphatic carbocycles. The Balaban J connectivity index is 4.04. The molecule has 0 heterocycles. The highest BCUT2D eigenvalue weighted by Gasteiger charge is 2.13. The molecule has 1 atom stereocenters. The smallest absolute Gasteiger partial charge is 0.237 e. The molecule has 5 heteroatoms. The first-order valence-electron chi connectivity index (χ1n) is 4.00. The number of nitrogens with zero attached hydrogens (tertiary/aromatic N) is 2. The number of hydrogen-bond acceptors (Lipinski definition) is 3. The Bertz CT molecular complexity index is 201. The molecule has 1 amide bonds. The Morgan fingerprint density at radius 3 is 2.77 bits per heavy atom. The molecule has 0 aliphatic rings. The second-order valence-electron chi connectivity index (χ2n) is 2.73. The number of hydrogen-bond donors (Lipinski definition) is 1. The minimum absolute atomic E-state index is 0.113. The molecule has 0 saturated carbocycles. The van der Waals surface area contributed by atoms with E-state index in [0.717, 1.165) is 0 Å². The molecule has 0 rings (SSSR count). The average Bonchev–Trinajstić information content (AvgIpc) is 2.10. The van der Waals surface area contributed by atoms with Gasteiger partial charge in [-0.3, -0.25) is 4.79 Å². The fourth-order valence-corrected chi connectivity index (χ4v) is 1.08. The summed E-state index contributed by atoms with van der Waals surface area (Å²) in [6.07, 6.45) is -0.333. The van der Waals surface area contributed by atoms with Gasteiger partial charge in [-0.1, -0.05) is 0 Å². The SMILES string of the molecule is CC(O)CN(CCC#N)C(=O)CCl. The highest BCUT2D eigenvalue weighted by molar-refractivity contribution is 6.27. The van der Waals surface area contributed by atoms with E-state index in [1.165, 1.54) is 4.90 Å². The van der Waals surface area contributed by atoms with E-state index in [1.54, 1.807) is 6.92 Å². The average molecular weight is 205 g/mol. The lowest BCUT2D eigenvalue weighted by Crippen LogP contribution is -2.37. The first-order chi connectivity index (χ1) is 6.11. The number of carbonyl (C=O) groups is 1. The highest BCUT2D eigenvalue weighted by atomic mass is 35.5. The molecular weight excluding hydrogens is 192 g/mol. The maximum absolute atomic E-state index is 11.1. The van der Waals surface area contributed by atoms with Gasteiger partial charge in [0.15, 0.2) is 0 Å². The molecule has 0 radical (unpaired) electrons. The van der Waals surface area contributed by atoms with Crippen LogP contribution in [0.3, 0.4) is 0 Å². The Hall–Kier alpha value is -0.790. The fraction of sp³-hybridized carbons (Fsp3) is 0.750. The van der Waals surface area contributed by atoms with E-state index < -0.39 is 6.10 Å². The van der Waals surface area contributed by atoms with Gasteiger partial charge in [-0.05, 0) is 6.92 Å². The summed E-state index contributed by atoms with van der Waals surface area (Å²) < 4.78 is 0. The molecule has 0 saturated heterocycles. The first kappa shape index (κ1) is 12.2. The van der Waals surface area contributed by atoms with Gasteiger partial charge in [0.25, 0.3) is 0 Å². The molecule has 1 N–H and O–H groups in total. The molecule has 0 spiro atoms. The molecule has 74 valence electrons. The maximum Gasteiger partial charge on any atom is 0.237 e. The standard InChI is InChI=1S/C8H13ClN2O2/c1-7(12)6-11(4-2-3-10)8(13)5-9/h7,12H,2,4-6H2,1H3. The summed E-state index contributed by atoms with van der Waals surface area (Å²) >= 11 is 5.35. The predicted octanol–water partition coefficient (Wildman–Crippen LogP) is 0.348. The van der Waals surface area contributed by atoms with Crippen molar-refractivity contribution in [1.29, 1.82) is 5.26 Å². The summed E-state index contributed by atoms with van der Waals surface area (Å²) in [5, 5.41) is 17.4. The van der Waals surface area contributed by atoms with Gasteiger partial charge in [0.05, 0.1) is 18.6 Å². The summed E-state index contributed by atoms with van der Waals surface area (Å²) in [4.78, 5) is 12.5. The molecule has 1 unspecified atom stereocenters. The molecule has 0 aromatic carbocycles. The maximum atomic E-state index is 11.1. The zero-order valence-corrected chi connectivity index (χ0v) is 8.29. The Kier molecular flexibility index (Phi) is 6.29.